The van der Waals surface area contributed by atoms with Gasteiger partial charge in [-0.15, -0.1) is 12.4 Å². The number of likely N-dealkylation sites (N-methyl/N-ethyl adjacent to an activating group) is 1. The van der Waals surface area contributed by atoms with Crippen LogP contribution >= 0.6 is 12.4 Å². The van der Waals surface area contributed by atoms with Crippen molar-refractivity contribution in [2.24, 2.45) is 0 Å². The maximum atomic E-state index is 12.0. The maximum absolute atomic E-state index is 12.0. The SMILES string of the molecule is CN(C(=O)Cc1ccccc1)[C@H]1CCNC1.Cl. The normalized spacial score (nSPS) is 18.5. The molecule has 1 aromatic carbocycles. The molecule has 1 N–H and O–H groups in total. The number of benzene rings is 1. The first-order chi connectivity index (χ1) is 7.77. The Morgan fingerprint density at radius 3 is 2.71 bits per heavy atom. The molecule has 1 aromatic rings. The van der Waals surface area contributed by atoms with Crippen LogP contribution in [0.2, 0.25) is 0 Å². The molecule has 1 heterocycles. The van der Waals surface area contributed by atoms with E-state index in [4.69, 9.17) is 0 Å². The number of carbonyl (C=O) groups excluding carboxylic acids is 1. The zero-order valence-corrected chi connectivity index (χ0v) is 10.9. The van der Waals surface area contributed by atoms with E-state index >= 15 is 0 Å². The molecule has 94 valence electrons. The van der Waals surface area contributed by atoms with Crippen molar-refractivity contribution >= 4 is 18.3 Å². The molecule has 1 aliphatic heterocycles. The lowest BCUT2D eigenvalue weighted by Crippen LogP contribution is -2.39. The molecule has 1 saturated heterocycles. The van der Waals surface area contributed by atoms with Gasteiger partial charge in [-0.25, -0.2) is 0 Å². The van der Waals surface area contributed by atoms with Crippen molar-refractivity contribution in [3.8, 4) is 0 Å². The van der Waals surface area contributed by atoms with Crippen LogP contribution in [-0.2, 0) is 11.2 Å². The number of rotatable bonds is 3. The minimum atomic E-state index is 0. The molecule has 0 saturated carbocycles. The molecule has 0 radical (unpaired) electrons. The third-order valence-corrected chi connectivity index (χ3v) is 3.17. The Morgan fingerprint density at radius 2 is 2.12 bits per heavy atom. The molecule has 1 fully saturated rings. The third kappa shape index (κ3) is 3.72. The first-order valence-electron chi connectivity index (χ1n) is 5.77. The highest BCUT2D eigenvalue weighted by molar-refractivity contribution is 5.85. The summed E-state index contributed by atoms with van der Waals surface area (Å²) in [6.07, 6.45) is 1.57. The Balaban J connectivity index is 0.00000144. The summed E-state index contributed by atoms with van der Waals surface area (Å²) < 4.78 is 0. The predicted molar refractivity (Wildman–Crippen MR) is 71.4 cm³/mol. The van der Waals surface area contributed by atoms with E-state index < -0.39 is 0 Å². The van der Waals surface area contributed by atoms with E-state index in [1.807, 2.05) is 42.3 Å². The summed E-state index contributed by atoms with van der Waals surface area (Å²) in [5, 5.41) is 3.28. The van der Waals surface area contributed by atoms with E-state index in [0.29, 0.717) is 12.5 Å². The predicted octanol–water partition coefficient (Wildman–Crippen LogP) is 1.47. The second kappa shape index (κ2) is 6.62. The first-order valence-corrected chi connectivity index (χ1v) is 5.77. The van der Waals surface area contributed by atoms with Crippen LogP contribution in [0, 0.1) is 0 Å². The molecule has 4 heteroatoms. The fourth-order valence-corrected chi connectivity index (χ4v) is 2.07. The number of halogens is 1. The minimum Gasteiger partial charge on any atom is -0.341 e. The highest BCUT2D eigenvalue weighted by Crippen LogP contribution is 2.09. The molecule has 0 unspecified atom stereocenters. The summed E-state index contributed by atoms with van der Waals surface area (Å²) in [7, 11) is 1.91. The lowest BCUT2D eigenvalue weighted by Gasteiger charge is -2.23. The number of hydrogen-bond acceptors (Lipinski definition) is 2. The Labute approximate surface area is 109 Å². The van der Waals surface area contributed by atoms with Crippen LogP contribution in [0.4, 0.5) is 0 Å². The van der Waals surface area contributed by atoms with E-state index in [-0.39, 0.29) is 18.3 Å². The lowest BCUT2D eigenvalue weighted by molar-refractivity contribution is -0.130. The molecule has 0 bridgehead atoms. The second-order valence-electron chi connectivity index (χ2n) is 4.31. The van der Waals surface area contributed by atoms with E-state index in [0.717, 1.165) is 25.1 Å². The molecule has 1 atom stereocenters. The standard InChI is InChI=1S/C13H18N2O.ClH/c1-15(12-7-8-14-10-12)13(16)9-11-5-3-2-4-6-11;/h2-6,12,14H,7-10H2,1H3;1H/t12-;/m0./s1. The fourth-order valence-electron chi connectivity index (χ4n) is 2.07. The van der Waals surface area contributed by atoms with Crippen molar-refractivity contribution in [2.45, 2.75) is 18.9 Å². The van der Waals surface area contributed by atoms with Gasteiger partial charge in [0.15, 0.2) is 0 Å². The van der Waals surface area contributed by atoms with Crippen LogP contribution in [-0.4, -0.2) is 37.0 Å². The summed E-state index contributed by atoms with van der Waals surface area (Å²) in [5.74, 6) is 0.208. The maximum Gasteiger partial charge on any atom is 0.227 e. The topological polar surface area (TPSA) is 32.3 Å². The molecule has 0 aromatic heterocycles. The molecule has 1 amide bonds. The molecule has 3 nitrogen and oxygen atoms in total. The van der Waals surface area contributed by atoms with Crippen molar-refractivity contribution in [2.75, 3.05) is 20.1 Å². The molecule has 2 rings (SSSR count). The van der Waals surface area contributed by atoms with Gasteiger partial charge in [0.05, 0.1) is 6.42 Å². The lowest BCUT2D eigenvalue weighted by atomic mass is 10.1. The van der Waals surface area contributed by atoms with Crippen molar-refractivity contribution in [1.29, 1.82) is 0 Å². The van der Waals surface area contributed by atoms with Gasteiger partial charge >= 0.3 is 0 Å². The fraction of sp³-hybridized carbons (Fsp3) is 0.462. The molecule has 0 aliphatic carbocycles. The number of nitrogens with one attached hydrogen (secondary N) is 1. The zero-order chi connectivity index (χ0) is 11.4. The smallest absolute Gasteiger partial charge is 0.227 e. The van der Waals surface area contributed by atoms with Gasteiger partial charge in [-0.2, -0.15) is 0 Å². The molecular formula is C13H19ClN2O. The molecule has 17 heavy (non-hydrogen) atoms. The average Bonchev–Trinajstić information content (AvgIpc) is 2.83. The number of amides is 1. The van der Waals surface area contributed by atoms with E-state index in [2.05, 4.69) is 5.32 Å². The van der Waals surface area contributed by atoms with Gasteiger partial charge in [0, 0.05) is 19.6 Å². The molecule has 1 aliphatic rings. The monoisotopic (exact) mass is 254 g/mol. The number of carbonyl (C=O) groups is 1. The highest BCUT2D eigenvalue weighted by atomic mass is 35.5. The van der Waals surface area contributed by atoms with Gasteiger partial charge in [0.1, 0.15) is 0 Å². The number of nitrogens with zero attached hydrogens (tertiary/aromatic N) is 1. The first kappa shape index (κ1) is 14.0. The van der Waals surface area contributed by atoms with Crippen LogP contribution in [0.3, 0.4) is 0 Å². The molecular weight excluding hydrogens is 236 g/mol. The van der Waals surface area contributed by atoms with E-state index in [1.54, 1.807) is 0 Å². The van der Waals surface area contributed by atoms with Gasteiger partial charge in [0.25, 0.3) is 0 Å². The van der Waals surface area contributed by atoms with Crippen molar-refractivity contribution in [3.63, 3.8) is 0 Å². The van der Waals surface area contributed by atoms with Crippen LogP contribution in [0.1, 0.15) is 12.0 Å². The van der Waals surface area contributed by atoms with Gasteiger partial charge in [-0.3, -0.25) is 4.79 Å². The van der Waals surface area contributed by atoms with Crippen LogP contribution in [0.25, 0.3) is 0 Å². The number of hydrogen-bond donors (Lipinski definition) is 1. The third-order valence-electron chi connectivity index (χ3n) is 3.17. The quantitative estimate of drug-likeness (QED) is 0.886. The van der Waals surface area contributed by atoms with Crippen LogP contribution < -0.4 is 5.32 Å². The Bertz CT molecular complexity index is 350. The summed E-state index contributed by atoms with van der Waals surface area (Å²) in [6, 6.07) is 10.3. The largest absolute Gasteiger partial charge is 0.341 e. The van der Waals surface area contributed by atoms with Crippen molar-refractivity contribution < 1.29 is 4.79 Å². The van der Waals surface area contributed by atoms with Crippen LogP contribution in [0.15, 0.2) is 30.3 Å². The average molecular weight is 255 g/mol. The van der Waals surface area contributed by atoms with Gasteiger partial charge in [-0.1, -0.05) is 30.3 Å². The summed E-state index contributed by atoms with van der Waals surface area (Å²) in [4.78, 5) is 13.9. The van der Waals surface area contributed by atoms with E-state index in [9.17, 15) is 4.79 Å². The highest BCUT2D eigenvalue weighted by Gasteiger charge is 2.22. The minimum absolute atomic E-state index is 0. The van der Waals surface area contributed by atoms with Gasteiger partial charge in [0.2, 0.25) is 5.91 Å². The second-order valence-corrected chi connectivity index (χ2v) is 4.31. The Morgan fingerprint density at radius 1 is 1.41 bits per heavy atom. The van der Waals surface area contributed by atoms with Crippen molar-refractivity contribution in [3.05, 3.63) is 35.9 Å². The van der Waals surface area contributed by atoms with Crippen molar-refractivity contribution in [1.82, 2.24) is 10.2 Å². The van der Waals surface area contributed by atoms with Gasteiger partial charge < -0.3 is 10.2 Å². The summed E-state index contributed by atoms with van der Waals surface area (Å²) in [5.41, 5.74) is 1.09. The van der Waals surface area contributed by atoms with Crippen LogP contribution in [0.5, 0.6) is 0 Å². The Kier molecular flexibility index (Phi) is 5.45. The molecule has 0 spiro atoms. The van der Waals surface area contributed by atoms with E-state index in [1.165, 1.54) is 0 Å². The summed E-state index contributed by atoms with van der Waals surface area (Å²) in [6.45, 7) is 1.95. The summed E-state index contributed by atoms with van der Waals surface area (Å²) >= 11 is 0. The van der Waals surface area contributed by atoms with Gasteiger partial charge in [-0.05, 0) is 18.5 Å². The Hall–Kier alpha value is -1.06. The zero-order valence-electron chi connectivity index (χ0n) is 10.1.